The fourth-order valence-corrected chi connectivity index (χ4v) is 1.93. The third-order valence-corrected chi connectivity index (χ3v) is 3.10. The molecule has 0 bridgehead atoms. The van der Waals surface area contributed by atoms with E-state index < -0.39 is 0 Å². The number of phenolic OH excluding ortho intramolecular Hbond substituents is 1. The molecule has 0 spiro atoms. The molecule has 3 nitrogen and oxygen atoms in total. The molecule has 0 saturated heterocycles. The van der Waals surface area contributed by atoms with Crippen molar-refractivity contribution < 1.29 is 5.11 Å². The standard InChI is InChI=1S/C14H15ClN2OS/c1-14(2,3)10-5-8(6-11(15)12(10)18)4-9(7-16)13(17)19/h4-6,18H,1-3H3,(H2,17,19)/b9-4+. The smallest absolute Gasteiger partial charge is 0.137 e. The van der Waals surface area contributed by atoms with Crippen LogP contribution in [0.1, 0.15) is 31.9 Å². The van der Waals surface area contributed by atoms with E-state index in [1.807, 2.05) is 26.8 Å². The van der Waals surface area contributed by atoms with Crippen molar-refractivity contribution in [1.82, 2.24) is 0 Å². The summed E-state index contributed by atoms with van der Waals surface area (Å²) in [6.45, 7) is 5.89. The molecule has 0 radical (unpaired) electrons. The van der Waals surface area contributed by atoms with E-state index in [2.05, 4.69) is 0 Å². The number of benzene rings is 1. The number of phenols is 1. The monoisotopic (exact) mass is 294 g/mol. The normalized spacial score (nSPS) is 12.1. The highest BCUT2D eigenvalue weighted by atomic mass is 35.5. The van der Waals surface area contributed by atoms with E-state index >= 15 is 0 Å². The summed E-state index contributed by atoms with van der Waals surface area (Å²) in [4.78, 5) is 0.0315. The molecule has 0 aromatic heterocycles. The lowest BCUT2D eigenvalue weighted by molar-refractivity contribution is 0.447. The maximum Gasteiger partial charge on any atom is 0.137 e. The number of hydrogen-bond donors (Lipinski definition) is 2. The van der Waals surface area contributed by atoms with Crippen LogP contribution in [0.2, 0.25) is 5.02 Å². The van der Waals surface area contributed by atoms with Crippen molar-refractivity contribution >= 4 is 34.9 Å². The number of thiocarbonyl (C=S) groups is 1. The van der Waals surface area contributed by atoms with E-state index in [1.54, 1.807) is 18.2 Å². The maximum absolute atomic E-state index is 9.99. The Labute approximate surface area is 123 Å². The minimum absolute atomic E-state index is 0.0315. The molecule has 0 aliphatic rings. The molecule has 1 rings (SSSR count). The molecule has 0 aliphatic heterocycles. The van der Waals surface area contributed by atoms with Crippen LogP contribution in [0.4, 0.5) is 0 Å². The third-order valence-electron chi connectivity index (χ3n) is 2.59. The van der Waals surface area contributed by atoms with Gasteiger partial charge in [-0.25, -0.2) is 0 Å². The third kappa shape index (κ3) is 3.69. The lowest BCUT2D eigenvalue weighted by Gasteiger charge is -2.21. The summed E-state index contributed by atoms with van der Waals surface area (Å²) in [5, 5.41) is 19.2. The van der Waals surface area contributed by atoms with Gasteiger partial charge in [-0.3, -0.25) is 0 Å². The van der Waals surface area contributed by atoms with Gasteiger partial charge < -0.3 is 10.8 Å². The number of nitrogens with zero attached hydrogens (tertiary/aromatic N) is 1. The van der Waals surface area contributed by atoms with E-state index in [0.29, 0.717) is 11.1 Å². The van der Waals surface area contributed by atoms with Crippen molar-refractivity contribution in [3.8, 4) is 11.8 Å². The van der Waals surface area contributed by atoms with Crippen molar-refractivity contribution in [2.75, 3.05) is 0 Å². The van der Waals surface area contributed by atoms with Crippen LogP contribution in [0.3, 0.4) is 0 Å². The summed E-state index contributed by atoms with van der Waals surface area (Å²) in [5.41, 5.74) is 6.76. The summed E-state index contributed by atoms with van der Waals surface area (Å²) < 4.78 is 0. The molecule has 5 heteroatoms. The van der Waals surface area contributed by atoms with Gasteiger partial charge in [-0.05, 0) is 29.2 Å². The summed E-state index contributed by atoms with van der Waals surface area (Å²) in [6.07, 6.45) is 1.56. The summed E-state index contributed by atoms with van der Waals surface area (Å²) in [7, 11) is 0. The second kappa shape index (κ2) is 5.60. The zero-order chi connectivity index (χ0) is 14.8. The first-order valence-corrected chi connectivity index (χ1v) is 6.40. The van der Waals surface area contributed by atoms with Crippen molar-refractivity contribution in [2.24, 2.45) is 5.73 Å². The topological polar surface area (TPSA) is 70.0 Å². The number of nitrogens with two attached hydrogens (primary N) is 1. The molecule has 0 aliphatic carbocycles. The van der Waals surface area contributed by atoms with E-state index in [1.165, 1.54) is 0 Å². The highest BCUT2D eigenvalue weighted by molar-refractivity contribution is 7.80. The van der Waals surface area contributed by atoms with Crippen LogP contribution in [-0.2, 0) is 5.41 Å². The Hall–Kier alpha value is -1.57. The Morgan fingerprint density at radius 3 is 2.47 bits per heavy atom. The largest absolute Gasteiger partial charge is 0.506 e. The van der Waals surface area contributed by atoms with Gasteiger partial charge in [0.15, 0.2) is 0 Å². The van der Waals surface area contributed by atoms with Crippen LogP contribution >= 0.6 is 23.8 Å². The Kier molecular flexibility index (Phi) is 4.56. The van der Waals surface area contributed by atoms with Crippen molar-refractivity contribution in [3.63, 3.8) is 0 Å². The quantitative estimate of drug-likeness (QED) is 0.497. The Bertz CT molecular complexity index is 595. The molecule has 3 N–H and O–H groups in total. The Balaban J connectivity index is 3.46. The van der Waals surface area contributed by atoms with Gasteiger partial charge in [0, 0.05) is 5.56 Å². The predicted molar refractivity (Wildman–Crippen MR) is 82.2 cm³/mol. The second-order valence-electron chi connectivity index (χ2n) is 5.18. The summed E-state index contributed by atoms with van der Waals surface area (Å²) in [5.74, 6) is 0.0557. The van der Waals surface area contributed by atoms with Gasteiger partial charge in [-0.1, -0.05) is 44.6 Å². The van der Waals surface area contributed by atoms with Crippen LogP contribution in [0.25, 0.3) is 6.08 Å². The molecule has 0 atom stereocenters. The van der Waals surface area contributed by atoms with Gasteiger partial charge in [0.25, 0.3) is 0 Å². The fraction of sp³-hybridized carbons (Fsp3) is 0.286. The van der Waals surface area contributed by atoms with E-state index in [4.69, 9.17) is 34.8 Å². The van der Waals surface area contributed by atoms with Gasteiger partial charge in [-0.15, -0.1) is 0 Å². The maximum atomic E-state index is 9.99. The van der Waals surface area contributed by atoms with E-state index in [9.17, 15) is 5.11 Å². The van der Waals surface area contributed by atoms with Gasteiger partial charge in [0.2, 0.25) is 0 Å². The number of halogens is 1. The predicted octanol–water partition coefficient (Wildman–Crippen LogP) is 3.54. The first-order valence-electron chi connectivity index (χ1n) is 5.61. The van der Waals surface area contributed by atoms with Crippen molar-refractivity contribution in [3.05, 3.63) is 33.9 Å². The van der Waals surface area contributed by atoms with Gasteiger partial charge in [-0.2, -0.15) is 5.26 Å². The zero-order valence-electron chi connectivity index (χ0n) is 11.0. The second-order valence-corrected chi connectivity index (χ2v) is 6.03. The molecule has 19 heavy (non-hydrogen) atoms. The number of aromatic hydroxyl groups is 1. The van der Waals surface area contributed by atoms with Crippen LogP contribution < -0.4 is 5.73 Å². The van der Waals surface area contributed by atoms with Gasteiger partial charge >= 0.3 is 0 Å². The SMILES string of the molecule is CC(C)(C)c1cc(/C=C(\C#N)C(N)=S)cc(Cl)c1O. The number of hydrogen-bond acceptors (Lipinski definition) is 3. The van der Waals surface area contributed by atoms with Crippen molar-refractivity contribution in [2.45, 2.75) is 26.2 Å². The molecule has 0 amide bonds. The number of rotatable bonds is 2. The molecule has 0 heterocycles. The van der Waals surface area contributed by atoms with E-state index in [0.717, 1.165) is 0 Å². The minimum atomic E-state index is -0.270. The lowest BCUT2D eigenvalue weighted by atomic mass is 9.85. The molecule has 100 valence electrons. The minimum Gasteiger partial charge on any atom is -0.506 e. The average Bonchev–Trinajstić information content (AvgIpc) is 2.28. The molecule has 0 fully saturated rings. The Morgan fingerprint density at radius 1 is 1.47 bits per heavy atom. The van der Waals surface area contributed by atoms with Gasteiger partial charge in [0.05, 0.1) is 10.6 Å². The van der Waals surface area contributed by atoms with Crippen LogP contribution in [0.15, 0.2) is 17.7 Å². The molecular weight excluding hydrogens is 280 g/mol. The van der Waals surface area contributed by atoms with Crippen LogP contribution in [-0.4, -0.2) is 10.1 Å². The van der Waals surface area contributed by atoms with Crippen LogP contribution in [0.5, 0.6) is 5.75 Å². The molecular formula is C14H15ClN2OS. The average molecular weight is 295 g/mol. The summed E-state index contributed by atoms with van der Waals surface area (Å²) in [6, 6.07) is 5.28. The highest BCUT2D eigenvalue weighted by Gasteiger charge is 2.20. The van der Waals surface area contributed by atoms with Crippen molar-refractivity contribution in [1.29, 1.82) is 5.26 Å². The Morgan fingerprint density at radius 2 is 2.05 bits per heavy atom. The highest BCUT2D eigenvalue weighted by Crippen LogP contribution is 2.37. The molecule has 0 saturated carbocycles. The summed E-state index contributed by atoms with van der Waals surface area (Å²) >= 11 is 10.8. The van der Waals surface area contributed by atoms with Gasteiger partial charge in [0.1, 0.15) is 16.8 Å². The molecule has 1 aromatic carbocycles. The molecule has 0 unspecified atom stereocenters. The van der Waals surface area contributed by atoms with Crippen LogP contribution in [0, 0.1) is 11.3 Å². The molecule has 1 aromatic rings. The first-order chi connectivity index (χ1) is 8.66. The van der Waals surface area contributed by atoms with E-state index in [-0.39, 0.29) is 26.7 Å². The number of nitriles is 1. The fourth-order valence-electron chi connectivity index (χ4n) is 1.60. The lowest BCUT2D eigenvalue weighted by Crippen LogP contribution is -2.12. The zero-order valence-corrected chi connectivity index (χ0v) is 12.6. The first kappa shape index (κ1) is 15.5.